The van der Waals surface area contributed by atoms with E-state index >= 15 is 0 Å². The number of aromatic amines is 1. The van der Waals surface area contributed by atoms with Crippen molar-refractivity contribution in [3.8, 4) is 0 Å². The summed E-state index contributed by atoms with van der Waals surface area (Å²) in [4.78, 5) is 33.1. The minimum atomic E-state index is -4.66. The van der Waals surface area contributed by atoms with Crippen molar-refractivity contribution in [2.24, 2.45) is 0 Å². The zero-order chi connectivity index (χ0) is 17.5. The lowest BCUT2D eigenvalue weighted by Gasteiger charge is -2.46. The first kappa shape index (κ1) is 16.7. The fourth-order valence-corrected chi connectivity index (χ4v) is 3.14. The number of hydrogen-bond acceptors (Lipinski definition) is 4. The molecule has 2 fully saturated rings. The minimum absolute atomic E-state index is 0.0534. The third-order valence-electron chi connectivity index (χ3n) is 4.46. The van der Waals surface area contributed by atoms with Crippen LogP contribution >= 0.6 is 0 Å². The molecular formula is C14H18F3N5O2. The molecule has 1 aromatic rings. The zero-order valence-corrected chi connectivity index (χ0v) is 13.1. The molecule has 2 N–H and O–H groups in total. The van der Waals surface area contributed by atoms with E-state index in [1.165, 1.54) is 0 Å². The summed E-state index contributed by atoms with van der Waals surface area (Å²) in [5.41, 5.74) is -1.81. The summed E-state index contributed by atoms with van der Waals surface area (Å²) in [5.74, 6) is -0.807. The smallest absolute Gasteiger partial charge is 0.345 e. The van der Waals surface area contributed by atoms with Gasteiger partial charge in [0, 0.05) is 26.7 Å². The summed E-state index contributed by atoms with van der Waals surface area (Å²) in [6.45, 7) is 1.63. The Morgan fingerprint density at radius 3 is 2.79 bits per heavy atom. The normalized spacial score (nSPS) is 23.2. The van der Waals surface area contributed by atoms with Gasteiger partial charge in [-0.3, -0.25) is 14.5 Å². The molecule has 10 heteroatoms. The molecular weight excluding hydrogens is 327 g/mol. The van der Waals surface area contributed by atoms with Crippen molar-refractivity contribution in [3.05, 3.63) is 17.7 Å². The Kier molecular flexibility index (Phi) is 4.24. The maximum absolute atomic E-state index is 12.8. The van der Waals surface area contributed by atoms with E-state index in [4.69, 9.17) is 0 Å². The number of rotatable bonds is 3. The second-order valence-corrected chi connectivity index (χ2v) is 6.17. The number of carbonyl (C=O) groups excluding carboxylic acids is 2. The first-order chi connectivity index (χ1) is 11.3. The van der Waals surface area contributed by atoms with Crippen LogP contribution in [0.1, 0.15) is 29.0 Å². The van der Waals surface area contributed by atoms with E-state index in [-0.39, 0.29) is 18.0 Å². The molecule has 3 rings (SSSR count). The highest BCUT2D eigenvalue weighted by atomic mass is 19.4. The number of likely N-dealkylation sites (tertiary alicyclic amines) is 2. The molecule has 1 aromatic heterocycles. The van der Waals surface area contributed by atoms with Crippen LogP contribution in [0.5, 0.6) is 0 Å². The van der Waals surface area contributed by atoms with Crippen LogP contribution in [0, 0.1) is 0 Å². The highest BCUT2D eigenvalue weighted by Gasteiger charge is 2.41. The average molecular weight is 345 g/mol. The number of aromatic nitrogens is 2. The number of amides is 2. The SMILES string of the molecule is CN1CCCC(N2CC(NC(=O)c3nc[nH]c3C(F)(F)F)C2)C1=O. The van der Waals surface area contributed by atoms with Crippen molar-refractivity contribution in [2.45, 2.75) is 31.1 Å². The van der Waals surface area contributed by atoms with E-state index in [0.717, 1.165) is 25.7 Å². The quantitative estimate of drug-likeness (QED) is 0.834. The first-order valence-electron chi connectivity index (χ1n) is 7.68. The van der Waals surface area contributed by atoms with Gasteiger partial charge in [0.15, 0.2) is 11.4 Å². The Morgan fingerprint density at radius 2 is 2.12 bits per heavy atom. The highest BCUT2D eigenvalue weighted by molar-refractivity contribution is 5.94. The number of hydrogen-bond donors (Lipinski definition) is 2. The monoisotopic (exact) mass is 345 g/mol. The highest BCUT2D eigenvalue weighted by Crippen LogP contribution is 2.29. The molecule has 7 nitrogen and oxygen atoms in total. The molecule has 0 bridgehead atoms. The number of halogens is 3. The number of likely N-dealkylation sites (N-methyl/N-ethyl adjacent to an activating group) is 1. The summed E-state index contributed by atoms with van der Waals surface area (Å²) < 4.78 is 38.3. The van der Waals surface area contributed by atoms with Crippen molar-refractivity contribution in [2.75, 3.05) is 26.7 Å². The predicted octanol–water partition coefficient (Wildman–Crippen LogP) is 0.463. The van der Waals surface area contributed by atoms with Crippen molar-refractivity contribution >= 4 is 11.8 Å². The van der Waals surface area contributed by atoms with Crippen LogP contribution in [0.3, 0.4) is 0 Å². The summed E-state index contributed by atoms with van der Waals surface area (Å²) in [5, 5.41) is 2.54. The van der Waals surface area contributed by atoms with Crippen molar-refractivity contribution in [1.82, 2.24) is 25.1 Å². The lowest BCUT2D eigenvalue weighted by Crippen LogP contribution is -2.65. The summed E-state index contributed by atoms with van der Waals surface area (Å²) >= 11 is 0. The molecule has 0 radical (unpaired) electrons. The van der Waals surface area contributed by atoms with Gasteiger partial charge in [0.2, 0.25) is 5.91 Å². The lowest BCUT2D eigenvalue weighted by atomic mass is 9.98. The third-order valence-corrected chi connectivity index (χ3v) is 4.46. The molecule has 2 aliphatic rings. The van der Waals surface area contributed by atoms with Crippen LogP contribution in [-0.2, 0) is 11.0 Å². The van der Waals surface area contributed by atoms with E-state index in [9.17, 15) is 22.8 Å². The first-order valence-corrected chi connectivity index (χ1v) is 7.68. The number of nitrogens with one attached hydrogen (secondary N) is 2. The molecule has 1 atom stereocenters. The molecule has 0 aromatic carbocycles. The molecule has 24 heavy (non-hydrogen) atoms. The standard InChI is InChI=1S/C14H18F3N5O2/c1-21-4-2-3-9(13(21)24)22-5-8(6-22)20-12(23)10-11(14(15,16)17)19-7-18-10/h7-9H,2-6H2,1H3,(H,18,19)(H,20,23). The second-order valence-electron chi connectivity index (χ2n) is 6.17. The van der Waals surface area contributed by atoms with Crippen LogP contribution in [0.4, 0.5) is 13.2 Å². The van der Waals surface area contributed by atoms with Crippen LogP contribution in [0.2, 0.25) is 0 Å². The molecule has 132 valence electrons. The van der Waals surface area contributed by atoms with E-state index in [1.807, 2.05) is 9.88 Å². The van der Waals surface area contributed by atoms with Gasteiger partial charge in [-0.2, -0.15) is 13.2 Å². The van der Waals surface area contributed by atoms with Crippen molar-refractivity contribution in [1.29, 1.82) is 0 Å². The van der Waals surface area contributed by atoms with Gasteiger partial charge in [0.1, 0.15) is 0 Å². The number of nitrogens with zero attached hydrogens (tertiary/aromatic N) is 3. The molecule has 0 saturated carbocycles. The predicted molar refractivity (Wildman–Crippen MR) is 77.1 cm³/mol. The number of H-pyrrole nitrogens is 1. The number of carbonyl (C=O) groups is 2. The maximum Gasteiger partial charge on any atom is 0.433 e. The largest absolute Gasteiger partial charge is 0.433 e. The van der Waals surface area contributed by atoms with Gasteiger partial charge in [-0.25, -0.2) is 4.98 Å². The molecule has 3 heterocycles. The van der Waals surface area contributed by atoms with Crippen LogP contribution in [0.15, 0.2) is 6.33 Å². The molecule has 2 saturated heterocycles. The number of alkyl halides is 3. The van der Waals surface area contributed by atoms with Gasteiger partial charge in [-0.05, 0) is 12.8 Å². The fourth-order valence-electron chi connectivity index (χ4n) is 3.14. The minimum Gasteiger partial charge on any atom is -0.345 e. The van der Waals surface area contributed by atoms with Crippen molar-refractivity contribution < 1.29 is 22.8 Å². The van der Waals surface area contributed by atoms with Crippen LogP contribution in [0.25, 0.3) is 0 Å². The Balaban J connectivity index is 1.55. The molecule has 0 spiro atoms. The summed E-state index contributed by atoms with van der Waals surface area (Å²) in [6.07, 6.45) is -2.13. The van der Waals surface area contributed by atoms with E-state index in [1.54, 1.807) is 11.9 Å². The third kappa shape index (κ3) is 3.10. The van der Waals surface area contributed by atoms with Gasteiger partial charge < -0.3 is 15.2 Å². The molecule has 2 amide bonds. The Bertz CT molecular complexity index is 639. The number of piperidine rings is 1. The zero-order valence-electron chi connectivity index (χ0n) is 13.1. The van der Waals surface area contributed by atoms with Gasteiger partial charge in [0.05, 0.1) is 18.4 Å². The van der Waals surface area contributed by atoms with Gasteiger partial charge in [-0.1, -0.05) is 0 Å². The lowest BCUT2D eigenvalue weighted by molar-refractivity contribution is -0.142. The van der Waals surface area contributed by atoms with E-state index < -0.39 is 23.5 Å². The fraction of sp³-hybridized carbons (Fsp3) is 0.643. The average Bonchev–Trinajstić information content (AvgIpc) is 2.95. The molecule has 2 aliphatic heterocycles. The maximum atomic E-state index is 12.8. The summed E-state index contributed by atoms with van der Waals surface area (Å²) in [6, 6.07) is -0.483. The van der Waals surface area contributed by atoms with Crippen LogP contribution < -0.4 is 5.32 Å². The van der Waals surface area contributed by atoms with Gasteiger partial charge in [-0.15, -0.1) is 0 Å². The van der Waals surface area contributed by atoms with Crippen LogP contribution in [-0.4, -0.2) is 70.3 Å². The Hall–Kier alpha value is -2.10. The van der Waals surface area contributed by atoms with E-state index in [2.05, 4.69) is 10.3 Å². The molecule has 0 aliphatic carbocycles. The summed E-state index contributed by atoms with van der Waals surface area (Å²) in [7, 11) is 1.75. The van der Waals surface area contributed by atoms with Gasteiger partial charge in [0.25, 0.3) is 5.91 Å². The Labute approximate surface area is 136 Å². The number of imidazole rings is 1. The second kappa shape index (κ2) is 6.08. The van der Waals surface area contributed by atoms with Crippen molar-refractivity contribution in [3.63, 3.8) is 0 Å². The van der Waals surface area contributed by atoms with Gasteiger partial charge >= 0.3 is 6.18 Å². The molecule has 1 unspecified atom stereocenters. The van der Waals surface area contributed by atoms with E-state index in [0.29, 0.717) is 13.1 Å². The Morgan fingerprint density at radius 1 is 1.42 bits per heavy atom. The topological polar surface area (TPSA) is 81.3 Å².